The van der Waals surface area contributed by atoms with Crippen LogP contribution < -0.4 is 4.74 Å². The molecule has 0 bridgehead atoms. The summed E-state index contributed by atoms with van der Waals surface area (Å²) >= 11 is 0. The minimum atomic E-state index is -0.505. The Balaban J connectivity index is 1.66. The number of oxazole rings is 1. The highest BCUT2D eigenvalue weighted by molar-refractivity contribution is 5.70. The highest BCUT2D eigenvalue weighted by atomic mass is 16.6. The Bertz CT molecular complexity index is 750. The number of pyridine rings is 1. The van der Waals surface area contributed by atoms with Crippen LogP contribution in [0.15, 0.2) is 16.7 Å². The number of aryl methyl sites for hydroxylation is 1. The van der Waals surface area contributed by atoms with Crippen LogP contribution in [0, 0.1) is 6.92 Å². The topological polar surface area (TPSA) is 77.7 Å². The molecule has 1 fully saturated rings. The van der Waals surface area contributed by atoms with Gasteiger partial charge in [0, 0.05) is 25.5 Å². The molecule has 2 aromatic heterocycles. The quantitative estimate of drug-likeness (QED) is 0.839. The van der Waals surface area contributed by atoms with Crippen LogP contribution in [-0.2, 0) is 4.74 Å². The molecule has 24 heavy (non-hydrogen) atoms. The molecule has 1 amide bonds. The molecule has 0 radical (unpaired) electrons. The molecule has 0 aliphatic carbocycles. The van der Waals surface area contributed by atoms with Gasteiger partial charge in [-0.05, 0) is 27.7 Å². The van der Waals surface area contributed by atoms with Gasteiger partial charge in [0.15, 0.2) is 17.1 Å². The van der Waals surface area contributed by atoms with Crippen molar-refractivity contribution in [2.75, 3.05) is 6.54 Å². The van der Waals surface area contributed by atoms with Gasteiger partial charge < -0.3 is 18.8 Å². The van der Waals surface area contributed by atoms with Crippen molar-refractivity contribution in [3.8, 4) is 5.75 Å². The highest BCUT2D eigenvalue weighted by Crippen LogP contribution is 2.26. The fourth-order valence-electron chi connectivity index (χ4n) is 2.81. The second kappa shape index (κ2) is 5.96. The third kappa shape index (κ3) is 3.60. The van der Waals surface area contributed by atoms with E-state index in [2.05, 4.69) is 9.97 Å². The Labute approximate surface area is 141 Å². The van der Waals surface area contributed by atoms with Crippen molar-refractivity contribution in [2.24, 2.45) is 0 Å². The van der Waals surface area contributed by atoms with Gasteiger partial charge in [-0.25, -0.2) is 9.78 Å². The van der Waals surface area contributed by atoms with E-state index < -0.39 is 5.60 Å². The van der Waals surface area contributed by atoms with Crippen LogP contribution >= 0.6 is 0 Å². The van der Waals surface area contributed by atoms with Gasteiger partial charge >= 0.3 is 6.09 Å². The van der Waals surface area contributed by atoms with Crippen molar-refractivity contribution >= 4 is 17.3 Å². The summed E-state index contributed by atoms with van der Waals surface area (Å²) in [7, 11) is 0. The number of rotatable bonds is 2. The van der Waals surface area contributed by atoms with E-state index in [4.69, 9.17) is 13.9 Å². The molecule has 1 saturated heterocycles. The van der Waals surface area contributed by atoms with Gasteiger partial charge in [-0.15, -0.1) is 0 Å². The minimum Gasteiger partial charge on any atom is -0.487 e. The summed E-state index contributed by atoms with van der Waals surface area (Å²) in [6, 6.07) is 1.84. The van der Waals surface area contributed by atoms with E-state index in [1.165, 1.54) is 0 Å². The highest BCUT2D eigenvalue weighted by Gasteiger charge is 2.36. The Morgan fingerprint density at radius 3 is 2.88 bits per heavy atom. The number of amides is 1. The third-order valence-corrected chi connectivity index (χ3v) is 3.80. The van der Waals surface area contributed by atoms with Crippen molar-refractivity contribution in [2.45, 2.75) is 58.8 Å². The van der Waals surface area contributed by atoms with Crippen LogP contribution in [0.4, 0.5) is 4.79 Å². The lowest BCUT2D eigenvalue weighted by Crippen LogP contribution is -2.39. The van der Waals surface area contributed by atoms with Crippen molar-refractivity contribution in [3.63, 3.8) is 0 Å². The van der Waals surface area contributed by atoms with E-state index in [1.54, 1.807) is 24.1 Å². The average Bonchev–Trinajstić information content (AvgIpc) is 2.98. The largest absolute Gasteiger partial charge is 0.487 e. The van der Waals surface area contributed by atoms with Crippen molar-refractivity contribution in [3.05, 3.63) is 18.2 Å². The molecule has 130 valence electrons. The number of carbonyl (C=O) groups is 1. The van der Waals surface area contributed by atoms with Gasteiger partial charge in [0.1, 0.15) is 17.5 Å². The van der Waals surface area contributed by atoms with Crippen LogP contribution in [0.1, 0.15) is 40.0 Å². The summed E-state index contributed by atoms with van der Waals surface area (Å²) in [4.78, 5) is 22.4. The zero-order valence-electron chi connectivity index (χ0n) is 14.7. The number of hydrogen-bond acceptors (Lipinski definition) is 6. The summed E-state index contributed by atoms with van der Waals surface area (Å²) in [5, 5.41) is 0. The fourth-order valence-corrected chi connectivity index (χ4v) is 2.81. The summed E-state index contributed by atoms with van der Waals surface area (Å²) in [5.41, 5.74) is 0.657. The number of ether oxygens (including phenoxy) is 2. The van der Waals surface area contributed by atoms with Gasteiger partial charge in [-0.3, -0.25) is 0 Å². The predicted octanol–water partition coefficient (Wildman–Crippen LogP) is 3.31. The first-order valence-corrected chi connectivity index (χ1v) is 8.11. The number of fused-ring (bicyclic) bond motifs is 1. The molecule has 3 heterocycles. The monoisotopic (exact) mass is 333 g/mol. The molecule has 3 rings (SSSR count). The van der Waals surface area contributed by atoms with E-state index in [1.807, 2.05) is 27.7 Å². The Kier molecular flexibility index (Phi) is 4.11. The molecule has 0 unspecified atom stereocenters. The van der Waals surface area contributed by atoms with Crippen molar-refractivity contribution in [1.82, 2.24) is 14.9 Å². The average molecular weight is 333 g/mol. The maximum absolute atomic E-state index is 12.3. The number of likely N-dealkylation sites (tertiary alicyclic amines) is 1. The van der Waals surface area contributed by atoms with E-state index >= 15 is 0 Å². The number of nitrogens with zero attached hydrogens (tertiary/aromatic N) is 3. The lowest BCUT2D eigenvalue weighted by atomic mass is 10.2. The summed E-state index contributed by atoms with van der Waals surface area (Å²) in [6.07, 6.45) is 1.97. The molecular formula is C17H23N3O4. The Morgan fingerprint density at radius 1 is 1.42 bits per heavy atom. The Morgan fingerprint density at radius 2 is 2.17 bits per heavy atom. The van der Waals surface area contributed by atoms with Crippen LogP contribution in [-0.4, -0.2) is 45.3 Å². The van der Waals surface area contributed by atoms with Crippen LogP contribution in [0.3, 0.4) is 0 Å². The predicted molar refractivity (Wildman–Crippen MR) is 88.0 cm³/mol. The number of hydrogen-bond donors (Lipinski definition) is 0. The van der Waals surface area contributed by atoms with Gasteiger partial charge in [-0.2, -0.15) is 4.98 Å². The second-order valence-corrected chi connectivity index (χ2v) is 7.18. The summed E-state index contributed by atoms with van der Waals surface area (Å²) in [6.45, 7) is 9.84. The van der Waals surface area contributed by atoms with E-state index in [0.717, 1.165) is 6.42 Å². The first kappa shape index (κ1) is 16.5. The van der Waals surface area contributed by atoms with E-state index in [9.17, 15) is 4.79 Å². The first-order chi connectivity index (χ1) is 11.2. The van der Waals surface area contributed by atoms with Crippen LogP contribution in [0.2, 0.25) is 0 Å². The smallest absolute Gasteiger partial charge is 0.410 e. The lowest BCUT2D eigenvalue weighted by Gasteiger charge is -2.26. The fraction of sp³-hybridized carbons (Fsp3) is 0.588. The second-order valence-electron chi connectivity index (χ2n) is 7.18. The summed E-state index contributed by atoms with van der Waals surface area (Å²) < 4.78 is 16.9. The molecule has 0 aromatic carbocycles. The standard InChI is InChI=1S/C17H23N3O4/c1-10-6-13(9-20(10)16(21)24-17(3,4)5)23-12-7-14-15(18-8-12)19-11(2)22-14/h7-8,10,13H,6,9H2,1-5H3/t10-,13+/m0/s1. The summed E-state index contributed by atoms with van der Waals surface area (Å²) in [5.74, 6) is 1.18. The zero-order valence-corrected chi connectivity index (χ0v) is 14.7. The van der Waals surface area contributed by atoms with Gasteiger partial charge in [0.2, 0.25) is 0 Å². The zero-order chi connectivity index (χ0) is 17.5. The van der Waals surface area contributed by atoms with Crippen molar-refractivity contribution in [1.29, 1.82) is 0 Å². The lowest BCUT2D eigenvalue weighted by molar-refractivity contribution is 0.0224. The molecule has 0 N–H and O–H groups in total. The van der Waals surface area contributed by atoms with E-state index in [-0.39, 0.29) is 18.2 Å². The molecular weight excluding hydrogens is 310 g/mol. The molecule has 1 aliphatic rings. The molecule has 1 aliphatic heterocycles. The minimum absolute atomic E-state index is 0.0639. The SMILES string of the molecule is Cc1nc2ncc(O[C@@H]3C[C@H](C)N(C(=O)OC(C)(C)C)C3)cc2o1. The molecule has 2 aromatic rings. The molecule has 7 heteroatoms. The normalized spacial score (nSPS) is 21.3. The molecule has 0 spiro atoms. The molecule has 2 atom stereocenters. The number of carbonyl (C=O) groups excluding carboxylic acids is 1. The first-order valence-electron chi connectivity index (χ1n) is 8.11. The van der Waals surface area contributed by atoms with Gasteiger partial charge in [0.05, 0.1) is 12.7 Å². The molecule has 0 saturated carbocycles. The Hall–Kier alpha value is -2.31. The maximum atomic E-state index is 12.3. The third-order valence-electron chi connectivity index (χ3n) is 3.80. The molecule has 7 nitrogen and oxygen atoms in total. The maximum Gasteiger partial charge on any atom is 0.410 e. The number of aromatic nitrogens is 2. The van der Waals surface area contributed by atoms with Gasteiger partial charge in [-0.1, -0.05) is 0 Å². The van der Waals surface area contributed by atoms with Crippen molar-refractivity contribution < 1.29 is 18.7 Å². The van der Waals surface area contributed by atoms with E-state index in [0.29, 0.717) is 29.4 Å². The van der Waals surface area contributed by atoms with Crippen LogP contribution in [0.5, 0.6) is 5.75 Å². The van der Waals surface area contributed by atoms with Gasteiger partial charge in [0.25, 0.3) is 0 Å². The van der Waals surface area contributed by atoms with Crippen LogP contribution in [0.25, 0.3) is 11.2 Å².